The van der Waals surface area contributed by atoms with Gasteiger partial charge < -0.3 is 27.9 Å². The molecular weight excluding hydrogens is 854 g/mol. The number of unbranched alkanes of at least 4 members (excludes halogenated alkanes) is 13. The molecule has 0 amide bonds. The van der Waals surface area contributed by atoms with E-state index >= 15 is 0 Å². The summed E-state index contributed by atoms with van der Waals surface area (Å²) in [6.07, 6.45) is 70.8. The van der Waals surface area contributed by atoms with Crippen LogP contribution in [0.15, 0.2) is 122 Å². The van der Waals surface area contributed by atoms with Crippen LogP contribution in [0.4, 0.5) is 0 Å². The van der Waals surface area contributed by atoms with Crippen molar-refractivity contribution in [1.29, 1.82) is 0 Å². The molecule has 0 radical (unpaired) electrons. The number of carbonyl (C=O) groups is 1. The molecule has 8 nitrogen and oxygen atoms in total. The molecular formula is C58H98NO7P. The summed E-state index contributed by atoms with van der Waals surface area (Å²) in [5.41, 5.74) is 0. The van der Waals surface area contributed by atoms with Gasteiger partial charge in [0.1, 0.15) is 19.3 Å². The molecule has 0 aliphatic carbocycles. The third kappa shape index (κ3) is 53.7. The van der Waals surface area contributed by atoms with Crippen LogP contribution in [0, 0.1) is 0 Å². The molecule has 0 aliphatic rings. The maximum atomic E-state index is 12.8. The summed E-state index contributed by atoms with van der Waals surface area (Å²) in [7, 11) is 1.32. The van der Waals surface area contributed by atoms with E-state index in [1.165, 1.54) is 38.5 Å². The summed E-state index contributed by atoms with van der Waals surface area (Å²) in [6, 6.07) is 0. The second-order valence-electron chi connectivity index (χ2n) is 18.1. The molecule has 0 saturated heterocycles. The normalized spacial score (nSPS) is 14.5. The number of phosphoric acid groups is 1. The molecule has 0 fully saturated rings. The molecule has 0 bridgehead atoms. The van der Waals surface area contributed by atoms with Gasteiger partial charge in [-0.1, -0.05) is 193 Å². The molecule has 0 spiro atoms. The maximum absolute atomic E-state index is 12.8. The van der Waals surface area contributed by atoms with E-state index in [-0.39, 0.29) is 32.2 Å². The Morgan fingerprint density at radius 3 is 1.22 bits per heavy atom. The Morgan fingerprint density at radius 1 is 0.463 bits per heavy atom. The molecule has 0 rings (SSSR count). The molecule has 9 heteroatoms. The van der Waals surface area contributed by atoms with Crippen molar-refractivity contribution in [2.45, 2.75) is 187 Å². The maximum Gasteiger partial charge on any atom is 0.306 e. The first kappa shape index (κ1) is 63.9. The summed E-state index contributed by atoms with van der Waals surface area (Å²) < 4.78 is 34.7. The monoisotopic (exact) mass is 952 g/mol. The summed E-state index contributed by atoms with van der Waals surface area (Å²) >= 11 is 0. The van der Waals surface area contributed by atoms with E-state index in [1.54, 1.807) is 0 Å². The Morgan fingerprint density at radius 2 is 0.821 bits per heavy atom. The topological polar surface area (TPSA) is 94.1 Å². The van der Waals surface area contributed by atoms with Gasteiger partial charge in [-0.05, 0) is 103 Å². The molecule has 382 valence electrons. The summed E-state index contributed by atoms with van der Waals surface area (Å²) in [5, 5.41) is 0. The fourth-order valence-electron chi connectivity index (χ4n) is 6.54. The molecule has 2 unspecified atom stereocenters. The average molecular weight is 952 g/mol. The SMILES string of the molecule is CC/C=C\C/C=C\C/C=C\C/C=C\C/C=C\CCCCCCCCCC(=O)OC(COCCCCCCCC/C=C\C/C=C\C/C=C\C/C=C\C/C=C\CC)COP(=O)([O-])OCC[N+](C)(C)C. The van der Waals surface area contributed by atoms with E-state index in [1.807, 2.05) is 21.1 Å². The minimum absolute atomic E-state index is 0.0128. The highest BCUT2D eigenvalue weighted by molar-refractivity contribution is 7.45. The van der Waals surface area contributed by atoms with Crippen LogP contribution in [0.25, 0.3) is 0 Å². The van der Waals surface area contributed by atoms with Crippen LogP contribution in [0.5, 0.6) is 0 Å². The van der Waals surface area contributed by atoms with E-state index in [4.69, 9.17) is 18.5 Å². The van der Waals surface area contributed by atoms with Crippen LogP contribution in [0.1, 0.15) is 181 Å². The molecule has 0 aliphatic heterocycles. The Hall–Kier alpha value is -3.10. The average Bonchev–Trinajstić information content (AvgIpc) is 3.29. The standard InChI is InChI=1S/C58H98NO7P/c1-6-8-10-12-14-16-18-20-22-24-26-28-30-31-33-35-37-39-41-43-45-47-49-51-58(60)66-57(56-65-67(61,62)64-54-52-59(3,4)5)55-63-53-50-48-46-44-42-40-38-36-34-32-29-27-25-23-21-19-17-15-13-11-9-7-2/h8-11,14-17,20-23,26-29,31,33-34,36,57H,6-7,12-13,18-19,24-25,30,32,35,37-56H2,1-5H3/b10-8-,11-9-,16-14-,17-15-,22-20-,23-21-,28-26-,29-27-,33-31-,36-34-. The molecule has 0 saturated carbocycles. The van der Waals surface area contributed by atoms with E-state index in [9.17, 15) is 14.3 Å². The number of hydrogen-bond donors (Lipinski definition) is 0. The van der Waals surface area contributed by atoms with Crippen molar-refractivity contribution in [3.8, 4) is 0 Å². The number of likely N-dealkylation sites (N-methyl/N-ethyl adjacent to an activating group) is 1. The molecule has 0 aromatic rings. The quantitative estimate of drug-likeness (QED) is 0.0197. The zero-order valence-electron chi connectivity index (χ0n) is 43.3. The van der Waals surface area contributed by atoms with E-state index in [0.29, 0.717) is 17.6 Å². The number of allylic oxidation sites excluding steroid dienone is 20. The highest BCUT2D eigenvalue weighted by atomic mass is 31.2. The minimum atomic E-state index is -4.55. The second-order valence-corrected chi connectivity index (χ2v) is 19.5. The first-order valence-corrected chi connectivity index (χ1v) is 27.7. The first-order chi connectivity index (χ1) is 32.6. The molecule has 0 heterocycles. The Bertz CT molecular complexity index is 1480. The molecule has 0 aromatic heterocycles. The number of phosphoric ester groups is 1. The van der Waals surface area contributed by atoms with Crippen LogP contribution < -0.4 is 4.89 Å². The highest BCUT2D eigenvalue weighted by Crippen LogP contribution is 2.38. The van der Waals surface area contributed by atoms with Gasteiger partial charge in [0.25, 0.3) is 7.82 Å². The van der Waals surface area contributed by atoms with Crippen molar-refractivity contribution in [3.63, 3.8) is 0 Å². The number of hydrogen-bond acceptors (Lipinski definition) is 7. The van der Waals surface area contributed by atoms with E-state index in [2.05, 4.69) is 135 Å². The van der Waals surface area contributed by atoms with Crippen molar-refractivity contribution in [2.75, 3.05) is 54.1 Å². The Balaban J connectivity index is 4.24. The molecule has 0 N–H and O–H groups in total. The van der Waals surface area contributed by atoms with Gasteiger partial charge in [0, 0.05) is 13.0 Å². The van der Waals surface area contributed by atoms with E-state index in [0.717, 1.165) is 122 Å². The fraction of sp³-hybridized carbons (Fsp3) is 0.638. The predicted octanol–water partition coefficient (Wildman–Crippen LogP) is 15.9. The lowest BCUT2D eigenvalue weighted by atomic mass is 10.1. The highest BCUT2D eigenvalue weighted by Gasteiger charge is 2.20. The van der Waals surface area contributed by atoms with E-state index < -0.39 is 13.9 Å². The fourth-order valence-corrected chi connectivity index (χ4v) is 7.27. The van der Waals surface area contributed by atoms with Crippen molar-refractivity contribution < 1.29 is 37.3 Å². The van der Waals surface area contributed by atoms with Crippen LogP contribution in [-0.4, -0.2) is 70.7 Å². The zero-order valence-corrected chi connectivity index (χ0v) is 44.2. The smallest absolute Gasteiger partial charge is 0.306 e. The van der Waals surface area contributed by atoms with Gasteiger partial charge in [-0.25, -0.2) is 0 Å². The number of quaternary nitrogens is 1. The van der Waals surface area contributed by atoms with Gasteiger partial charge in [-0.3, -0.25) is 9.36 Å². The third-order valence-electron chi connectivity index (χ3n) is 10.5. The first-order valence-electron chi connectivity index (χ1n) is 26.3. The largest absolute Gasteiger partial charge is 0.756 e. The van der Waals surface area contributed by atoms with Gasteiger partial charge >= 0.3 is 5.97 Å². The van der Waals surface area contributed by atoms with Gasteiger partial charge in [-0.15, -0.1) is 0 Å². The van der Waals surface area contributed by atoms with Gasteiger partial charge in [0.2, 0.25) is 0 Å². The van der Waals surface area contributed by atoms with Crippen LogP contribution in [0.2, 0.25) is 0 Å². The number of rotatable bonds is 47. The lowest BCUT2D eigenvalue weighted by Gasteiger charge is -2.28. The number of ether oxygens (including phenoxy) is 2. The second kappa shape index (κ2) is 49.3. The van der Waals surface area contributed by atoms with Crippen LogP contribution in [0.3, 0.4) is 0 Å². The lowest BCUT2D eigenvalue weighted by Crippen LogP contribution is -2.37. The van der Waals surface area contributed by atoms with Crippen molar-refractivity contribution in [2.24, 2.45) is 0 Å². The van der Waals surface area contributed by atoms with Gasteiger partial charge in [0.05, 0.1) is 34.4 Å². The Kier molecular flexibility index (Phi) is 47.0. The Labute approximate surface area is 412 Å². The molecule has 67 heavy (non-hydrogen) atoms. The molecule has 2 atom stereocenters. The zero-order chi connectivity index (χ0) is 49.0. The van der Waals surface area contributed by atoms with Crippen LogP contribution in [-0.2, 0) is 27.9 Å². The van der Waals surface area contributed by atoms with Gasteiger partial charge in [-0.2, -0.15) is 0 Å². The summed E-state index contributed by atoms with van der Waals surface area (Å²) in [4.78, 5) is 25.2. The number of nitrogens with zero attached hydrogens (tertiary/aromatic N) is 1. The number of esters is 1. The summed E-state index contributed by atoms with van der Waals surface area (Å²) in [6.45, 7) is 5.11. The number of carbonyl (C=O) groups excluding carboxylic acids is 1. The van der Waals surface area contributed by atoms with Crippen molar-refractivity contribution in [1.82, 2.24) is 0 Å². The van der Waals surface area contributed by atoms with Gasteiger partial charge in [0.15, 0.2) is 0 Å². The molecule has 0 aromatic carbocycles. The minimum Gasteiger partial charge on any atom is -0.756 e. The van der Waals surface area contributed by atoms with Crippen LogP contribution >= 0.6 is 7.82 Å². The predicted molar refractivity (Wildman–Crippen MR) is 286 cm³/mol. The van der Waals surface area contributed by atoms with Crippen molar-refractivity contribution >= 4 is 13.8 Å². The third-order valence-corrected chi connectivity index (χ3v) is 11.5. The lowest BCUT2D eigenvalue weighted by molar-refractivity contribution is -0.870. The van der Waals surface area contributed by atoms with Crippen molar-refractivity contribution in [3.05, 3.63) is 122 Å². The summed E-state index contributed by atoms with van der Waals surface area (Å²) in [5.74, 6) is -0.356.